The summed E-state index contributed by atoms with van der Waals surface area (Å²) in [5, 5.41) is -0.0499. The standard InChI is InChI=1S/C28H46O5Si/c1-20(2)13-11-14-21(3)15-12-16-22(4)17-18-25(31-23(5)29)24-19-26(30)32-27(24)33-34(9,10)28(6,7)8/h13,15,17-19,22,25,27H,11-12,14,16H2,1-10H3/b18-17+,21-15+. The lowest BCUT2D eigenvalue weighted by atomic mass is 10.0. The van der Waals surface area contributed by atoms with E-state index in [0.717, 1.165) is 25.7 Å². The van der Waals surface area contributed by atoms with E-state index in [9.17, 15) is 9.59 Å². The lowest BCUT2D eigenvalue weighted by Crippen LogP contribution is -2.45. The Morgan fingerprint density at radius 1 is 1.12 bits per heavy atom. The lowest BCUT2D eigenvalue weighted by Gasteiger charge is -2.38. The summed E-state index contributed by atoms with van der Waals surface area (Å²) in [5.41, 5.74) is 3.31. The van der Waals surface area contributed by atoms with Crippen molar-refractivity contribution in [2.45, 2.75) is 112 Å². The van der Waals surface area contributed by atoms with Gasteiger partial charge in [0.05, 0.1) is 0 Å². The third-order valence-electron chi connectivity index (χ3n) is 6.43. The molecular formula is C28H46O5Si. The summed E-state index contributed by atoms with van der Waals surface area (Å²) < 4.78 is 17.4. The molecule has 1 heterocycles. The van der Waals surface area contributed by atoms with Gasteiger partial charge in [0.15, 0.2) is 8.32 Å². The first-order valence-corrected chi connectivity index (χ1v) is 15.3. The molecule has 3 unspecified atom stereocenters. The Balaban J connectivity index is 2.86. The molecule has 0 aliphatic carbocycles. The van der Waals surface area contributed by atoms with Crippen LogP contribution < -0.4 is 0 Å². The molecule has 0 aromatic rings. The SMILES string of the molecule is CC(=O)OC(/C=C/C(C)CC/C=C(\C)CCC=C(C)C)C1=CC(=O)OC1O[Si](C)(C)C(C)(C)C. The molecule has 1 aliphatic heterocycles. The highest BCUT2D eigenvalue weighted by atomic mass is 28.4. The highest BCUT2D eigenvalue weighted by Crippen LogP contribution is 2.39. The second-order valence-electron chi connectivity index (χ2n) is 11.1. The fourth-order valence-electron chi connectivity index (χ4n) is 3.23. The molecule has 1 aliphatic rings. The summed E-state index contributed by atoms with van der Waals surface area (Å²) in [7, 11) is -2.21. The number of carbonyl (C=O) groups is 2. The molecule has 0 saturated carbocycles. The minimum absolute atomic E-state index is 0.0499. The van der Waals surface area contributed by atoms with Gasteiger partial charge in [-0.1, -0.05) is 57.1 Å². The summed E-state index contributed by atoms with van der Waals surface area (Å²) in [4.78, 5) is 23.9. The largest absolute Gasteiger partial charge is 0.453 e. The minimum atomic E-state index is -2.21. The maximum Gasteiger partial charge on any atom is 0.333 e. The monoisotopic (exact) mass is 490 g/mol. The first kappa shape index (κ1) is 30.1. The van der Waals surface area contributed by atoms with E-state index in [1.807, 2.05) is 12.2 Å². The zero-order chi connectivity index (χ0) is 26.1. The Bertz CT molecular complexity index is 822. The van der Waals surface area contributed by atoms with Crippen LogP contribution in [0.1, 0.15) is 81.1 Å². The maximum absolute atomic E-state index is 12.1. The summed E-state index contributed by atoms with van der Waals surface area (Å²) in [5.74, 6) is -0.590. The number of rotatable bonds is 12. The molecule has 192 valence electrons. The quantitative estimate of drug-likeness (QED) is 0.162. The molecule has 0 aromatic carbocycles. The van der Waals surface area contributed by atoms with Crippen molar-refractivity contribution in [1.29, 1.82) is 0 Å². The van der Waals surface area contributed by atoms with Crippen LogP contribution in [0.15, 0.2) is 47.1 Å². The van der Waals surface area contributed by atoms with E-state index in [2.05, 4.69) is 73.7 Å². The number of hydrogen-bond donors (Lipinski definition) is 0. The van der Waals surface area contributed by atoms with E-state index >= 15 is 0 Å². The molecule has 5 nitrogen and oxygen atoms in total. The van der Waals surface area contributed by atoms with Crippen molar-refractivity contribution in [3.63, 3.8) is 0 Å². The highest BCUT2D eigenvalue weighted by Gasteiger charge is 2.44. The number of allylic oxidation sites excluding steroid dienone is 5. The van der Waals surface area contributed by atoms with Crippen molar-refractivity contribution < 1.29 is 23.5 Å². The maximum atomic E-state index is 12.1. The predicted octanol–water partition coefficient (Wildman–Crippen LogP) is 7.41. The first-order chi connectivity index (χ1) is 15.6. The number of hydrogen-bond acceptors (Lipinski definition) is 5. The van der Waals surface area contributed by atoms with Gasteiger partial charge in [0, 0.05) is 18.6 Å². The van der Waals surface area contributed by atoms with Crippen molar-refractivity contribution in [2.24, 2.45) is 5.92 Å². The predicted molar refractivity (Wildman–Crippen MR) is 142 cm³/mol. The molecule has 0 amide bonds. The Labute approximate surface area is 208 Å². The van der Waals surface area contributed by atoms with Crippen LogP contribution in [-0.4, -0.2) is 32.6 Å². The molecule has 0 fully saturated rings. The molecule has 0 bridgehead atoms. The first-order valence-electron chi connectivity index (χ1n) is 12.4. The van der Waals surface area contributed by atoms with Gasteiger partial charge in [0.2, 0.25) is 6.29 Å². The number of carbonyl (C=O) groups excluding carboxylic acids is 2. The molecule has 1 rings (SSSR count). The lowest BCUT2D eigenvalue weighted by molar-refractivity contribution is -0.151. The van der Waals surface area contributed by atoms with Crippen LogP contribution in [0, 0.1) is 5.92 Å². The molecule has 0 saturated heterocycles. The van der Waals surface area contributed by atoms with Crippen molar-refractivity contribution in [2.75, 3.05) is 0 Å². The Morgan fingerprint density at radius 3 is 2.32 bits per heavy atom. The number of ether oxygens (including phenoxy) is 2. The topological polar surface area (TPSA) is 61.8 Å². The van der Waals surface area contributed by atoms with E-state index in [4.69, 9.17) is 13.9 Å². The molecule has 6 heteroatoms. The molecule has 34 heavy (non-hydrogen) atoms. The van der Waals surface area contributed by atoms with Gasteiger partial charge < -0.3 is 13.9 Å². The summed E-state index contributed by atoms with van der Waals surface area (Å²) >= 11 is 0. The molecule has 3 atom stereocenters. The molecule has 0 spiro atoms. The van der Waals surface area contributed by atoms with E-state index in [1.54, 1.807) is 0 Å². The zero-order valence-corrected chi connectivity index (χ0v) is 24.0. The smallest absolute Gasteiger partial charge is 0.333 e. The number of cyclic esters (lactones) is 1. The third kappa shape index (κ3) is 10.6. The molecule has 0 radical (unpaired) electrons. The second-order valence-corrected chi connectivity index (χ2v) is 15.9. The van der Waals surface area contributed by atoms with E-state index in [-0.39, 0.29) is 5.04 Å². The van der Waals surface area contributed by atoms with Gasteiger partial charge in [-0.15, -0.1) is 0 Å². The van der Waals surface area contributed by atoms with Gasteiger partial charge in [-0.05, 0) is 76.6 Å². The fourth-order valence-corrected chi connectivity index (χ4v) is 4.30. The molecule has 0 aromatic heterocycles. The normalized spacial score (nSPS) is 19.0. The molecule has 0 N–H and O–H groups in total. The van der Waals surface area contributed by atoms with E-state index in [0.29, 0.717) is 11.5 Å². The van der Waals surface area contributed by atoms with Crippen molar-refractivity contribution in [1.82, 2.24) is 0 Å². The van der Waals surface area contributed by atoms with Gasteiger partial charge in [0.25, 0.3) is 0 Å². The van der Waals surface area contributed by atoms with Crippen LogP contribution >= 0.6 is 0 Å². The van der Waals surface area contributed by atoms with Gasteiger partial charge in [-0.3, -0.25) is 4.79 Å². The highest BCUT2D eigenvalue weighted by molar-refractivity contribution is 6.74. The van der Waals surface area contributed by atoms with E-state index < -0.39 is 32.6 Å². The second kappa shape index (κ2) is 13.2. The zero-order valence-electron chi connectivity index (χ0n) is 23.0. The Hall–Kier alpha value is -1.92. The average Bonchev–Trinajstić information content (AvgIpc) is 3.03. The van der Waals surface area contributed by atoms with Crippen LogP contribution in [0.4, 0.5) is 0 Å². The Kier molecular flexibility index (Phi) is 11.7. The van der Waals surface area contributed by atoms with Gasteiger partial charge in [-0.25, -0.2) is 4.79 Å². The van der Waals surface area contributed by atoms with Crippen LogP contribution in [0.5, 0.6) is 0 Å². The summed E-state index contributed by atoms with van der Waals surface area (Å²) in [6, 6.07) is 0. The van der Waals surface area contributed by atoms with Crippen LogP contribution in [0.25, 0.3) is 0 Å². The average molecular weight is 491 g/mol. The van der Waals surface area contributed by atoms with Gasteiger partial charge in [0.1, 0.15) is 6.10 Å². The van der Waals surface area contributed by atoms with Gasteiger partial charge in [-0.2, -0.15) is 0 Å². The van der Waals surface area contributed by atoms with Crippen molar-refractivity contribution in [3.05, 3.63) is 47.1 Å². The fraction of sp³-hybridized carbons (Fsp3) is 0.643. The van der Waals surface area contributed by atoms with Crippen LogP contribution in [0.3, 0.4) is 0 Å². The van der Waals surface area contributed by atoms with Gasteiger partial charge >= 0.3 is 11.9 Å². The molecular weight excluding hydrogens is 444 g/mol. The van der Waals surface area contributed by atoms with Crippen LogP contribution in [0.2, 0.25) is 18.1 Å². The number of esters is 2. The van der Waals surface area contributed by atoms with Crippen LogP contribution in [-0.2, 0) is 23.5 Å². The minimum Gasteiger partial charge on any atom is -0.453 e. The Morgan fingerprint density at radius 2 is 1.76 bits per heavy atom. The summed E-state index contributed by atoms with van der Waals surface area (Å²) in [6.07, 6.45) is 12.5. The van der Waals surface area contributed by atoms with E-state index in [1.165, 1.54) is 24.1 Å². The summed E-state index contributed by atoms with van der Waals surface area (Å²) in [6.45, 7) is 20.5. The third-order valence-corrected chi connectivity index (χ3v) is 10.8. The van der Waals surface area contributed by atoms with Crippen molar-refractivity contribution >= 4 is 20.3 Å². The van der Waals surface area contributed by atoms with Crippen molar-refractivity contribution in [3.8, 4) is 0 Å².